The minimum Gasteiger partial charge on any atom is -0.459 e. The molecular weight excluding hydrogens is 260 g/mol. The van der Waals surface area contributed by atoms with Crippen molar-refractivity contribution in [2.75, 3.05) is 20.6 Å². The van der Waals surface area contributed by atoms with Crippen LogP contribution in [-0.2, 0) is 0 Å². The molecule has 2 atom stereocenters. The van der Waals surface area contributed by atoms with Crippen molar-refractivity contribution in [3.05, 3.63) is 36.1 Å². The lowest BCUT2D eigenvalue weighted by atomic mass is 10.0. The highest BCUT2D eigenvalue weighted by molar-refractivity contribution is 5.77. The standard InChI is InChI=1S/C18H28N2O/c1-13(2)10-16(20(4)5)12-19-14(3)18-11-15-8-6-7-9-17(15)21-18/h6-9,11,13-14,16,19H,10,12H2,1-5H3. The number of fused-ring (bicyclic) bond motifs is 1. The number of furan rings is 1. The Morgan fingerprint density at radius 1 is 1.14 bits per heavy atom. The molecule has 0 amide bonds. The van der Waals surface area contributed by atoms with Crippen molar-refractivity contribution in [1.82, 2.24) is 10.2 Å². The molecule has 1 N–H and O–H groups in total. The molecule has 0 fully saturated rings. The van der Waals surface area contributed by atoms with Crippen molar-refractivity contribution in [2.45, 2.75) is 39.3 Å². The molecule has 0 radical (unpaired) electrons. The lowest BCUT2D eigenvalue weighted by molar-refractivity contribution is 0.239. The molecule has 0 aliphatic rings. The van der Waals surface area contributed by atoms with Crippen LogP contribution >= 0.6 is 0 Å². The largest absolute Gasteiger partial charge is 0.459 e. The molecule has 3 heteroatoms. The normalized spacial score (nSPS) is 15.0. The summed E-state index contributed by atoms with van der Waals surface area (Å²) in [6, 6.07) is 11.1. The van der Waals surface area contributed by atoms with E-state index >= 15 is 0 Å². The van der Waals surface area contributed by atoms with Crippen molar-refractivity contribution in [3.8, 4) is 0 Å². The minimum absolute atomic E-state index is 0.229. The zero-order valence-electron chi connectivity index (χ0n) is 13.9. The second kappa shape index (κ2) is 7.10. The summed E-state index contributed by atoms with van der Waals surface area (Å²) in [4.78, 5) is 2.30. The average molecular weight is 288 g/mol. The number of benzene rings is 1. The van der Waals surface area contributed by atoms with E-state index in [2.05, 4.69) is 57.2 Å². The van der Waals surface area contributed by atoms with Crippen molar-refractivity contribution >= 4 is 11.0 Å². The summed E-state index contributed by atoms with van der Waals surface area (Å²) in [5.41, 5.74) is 0.965. The van der Waals surface area contributed by atoms with Crippen molar-refractivity contribution in [2.24, 2.45) is 5.92 Å². The molecule has 3 nitrogen and oxygen atoms in total. The summed E-state index contributed by atoms with van der Waals surface area (Å²) in [6.45, 7) is 7.70. The molecular formula is C18H28N2O. The van der Waals surface area contributed by atoms with E-state index in [1.54, 1.807) is 0 Å². The molecule has 1 heterocycles. The summed E-state index contributed by atoms with van der Waals surface area (Å²) >= 11 is 0. The molecule has 0 saturated carbocycles. The van der Waals surface area contributed by atoms with Crippen LogP contribution in [0.15, 0.2) is 34.7 Å². The molecule has 1 aromatic carbocycles. The molecule has 21 heavy (non-hydrogen) atoms. The number of nitrogens with zero attached hydrogens (tertiary/aromatic N) is 1. The Morgan fingerprint density at radius 3 is 2.48 bits per heavy atom. The zero-order chi connectivity index (χ0) is 15.4. The van der Waals surface area contributed by atoms with E-state index < -0.39 is 0 Å². The highest BCUT2D eigenvalue weighted by atomic mass is 16.3. The van der Waals surface area contributed by atoms with Crippen LogP contribution in [0.25, 0.3) is 11.0 Å². The quantitative estimate of drug-likeness (QED) is 0.833. The molecule has 1 aromatic heterocycles. The topological polar surface area (TPSA) is 28.4 Å². The van der Waals surface area contributed by atoms with Gasteiger partial charge in [0.25, 0.3) is 0 Å². The first kappa shape index (κ1) is 16.1. The third kappa shape index (κ3) is 4.32. The molecule has 0 saturated heterocycles. The fourth-order valence-corrected chi connectivity index (χ4v) is 2.65. The SMILES string of the molecule is CC(C)CC(CNC(C)c1cc2ccccc2o1)N(C)C. The molecule has 0 spiro atoms. The number of hydrogen-bond acceptors (Lipinski definition) is 3. The first-order valence-electron chi connectivity index (χ1n) is 7.85. The third-order valence-electron chi connectivity index (χ3n) is 4.00. The molecule has 2 aromatic rings. The highest BCUT2D eigenvalue weighted by Crippen LogP contribution is 2.23. The first-order chi connectivity index (χ1) is 9.97. The van der Waals surface area contributed by atoms with Crippen molar-refractivity contribution < 1.29 is 4.42 Å². The van der Waals surface area contributed by atoms with Crippen LogP contribution in [0.2, 0.25) is 0 Å². The summed E-state index contributed by atoms with van der Waals surface area (Å²) < 4.78 is 5.93. The molecule has 0 aliphatic heterocycles. The molecule has 116 valence electrons. The highest BCUT2D eigenvalue weighted by Gasteiger charge is 2.16. The van der Waals surface area contributed by atoms with E-state index in [4.69, 9.17) is 4.42 Å². The Balaban J connectivity index is 1.98. The summed E-state index contributed by atoms with van der Waals surface area (Å²) in [6.07, 6.45) is 1.20. The Hall–Kier alpha value is -1.32. The van der Waals surface area contributed by atoms with Crippen molar-refractivity contribution in [3.63, 3.8) is 0 Å². The van der Waals surface area contributed by atoms with Crippen LogP contribution in [-0.4, -0.2) is 31.6 Å². The number of hydrogen-bond donors (Lipinski definition) is 1. The van der Waals surface area contributed by atoms with Crippen LogP contribution in [0.4, 0.5) is 0 Å². The van der Waals surface area contributed by atoms with Gasteiger partial charge in [-0.2, -0.15) is 0 Å². The van der Waals surface area contributed by atoms with E-state index in [0.29, 0.717) is 12.0 Å². The van der Waals surface area contributed by atoms with Crippen LogP contribution in [0, 0.1) is 5.92 Å². The Morgan fingerprint density at radius 2 is 1.86 bits per heavy atom. The van der Waals surface area contributed by atoms with E-state index in [0.717, 1.165) is 17.9 Å². The minimum atomic E-state index is 0.229. The van der Waals surface area contributed by atoms with Gasteiger partial charge in [-0.25, -0.2) is 0 Å². The fraction of sp³-hybridized carbons (Fsp3) is 0.556. The molecule has 2 rings (SSSR count). The predicted octanol–water partition coefficient (Wildman–Crippen LogP) is 4.06. The van der Waals surface area contributed by atoms with Crippen LogP contribution in [0.3, 0.4) is 0 Å². The zero-order valence-corrected chi connectivity index (χ0v) is 13.9. The smallest absolute Gasteiger partial charge is 0.134 e. The van der Waals surface area contributed by atoms with E-state index in [1.165, 1.54) is 11.8 Å². The average Bonchev–Trinajstić information content (AvgIpc) is 2.86. The molecule has 0 bridgehead atoms. The number of para-hydroxylation sites is 1. The van der Waals surface area contributed by atoms with Gasteiger partial charge in [-0.05, 0) is 45.5 Å². The van der Waals surface area contributed by atoms with Crippen LogP contribution < -0.4 is 5.32 Å². The van der Waals surface area contributed by atoms with Gasteiger partial charge in [0, 0.05) is 18.0 Å². The predicted molar refractivity (Wildman–Crippen MR) is 89.6 cm³/mol. The Labute approximate surface area is 128 Å². The number of rotatable bonds is 7. The van der Waals surface area contributed by atoms with E-state index in [9.17, 15) is 0 Å². The fourth-order valence-electron chi connectivity index (χ4n) is 2.65. The monoisotopic (exact) mass is 288 g/mol. The molecule has 2 unspecified atom stereocenters. The second-order valence-corrected chi connectivity index (χ2v) is 6.56. The lowest BCUT2D eigenvalue weighted by Crippen LogP contribution is -2.39. The summed E-state index contributed by atoms with van der Waals surface area (Å²) in [5.74, 6) is 1.72. The summed E-state index contributed by atoms with van der Waals surface area (Å²) in [7, 11) is 4.31. The second-order valence-electron chi connectivity index (χ2n) is 6.56. The van der Waals surface area contributed by atoms with Gasteiger partial charge in [-0.1, -0.05) is 32.0 Å². The van der Waals surface area contributed by atoms with Gasteiger partial charge in [-0.3, -0.25) is 0 Å². The van der Waals surface area contributed by atoms with Crippen LogP contribution in [0.5, 0.6) is 0 Å². The van der Waals surface area contributed by atoms with Gasteiger partial charge in [0.2, 0.25) is 0 Å². The maximum absolute atomic E-state index is 5.93. The summed E-state index contributed by atoms with van der Waals surface area (Å²) in [5, 5.41) is 4.78. The van der Waals surface area contributed by atoms with E-state index in [1.807, 2.05) is 18.2 Å². The maximum Gasteiger partial charge on any atom is 0.134 e. The van der Waals surface area contributed by atoms with Gasteiger partial charge >= 0.3 is 0 Å². The lowest BCUT2D eigenvalue weighted by Gasteiger charge is -2.27. The third-order valence-corrected chi connectivity index (χ3v) is 4.00. The Kier molecular flexibility index (Phi) is 5.43. The Bertz CT molecular complexity index is 526. The van der Waals surface area contributed by atoms with Gasteiger partial charge in [0.05, 0.1) is 6.04 Å². The maximum atomic E-state index is 5.93. The van der Waals surface area contributed by atoms with Gasteiger partial charge in [0.1, 0.15) is 11.3 Å². The van der Waals surface area contributed by atoms with Gasteiger partial charge < -0.3 is 14.6 Å². The molecule has 0 aliphatic carbocycles. The number of likely N-dealkylation sites (N-methyl/N-ethyl adjacent to an activating group) is 1. The van der Waals surface area contributed by atoms with Gasteiger partial charge in [-0.15, -0.1) is 0 Å². The first-order valence-corrected chi connectivity index (χ1v) is 7.85. The van der Waals surface area contributed by atoms with Gasteiger partial charge in [0.15, 0.2) is 0 Å². The van der Waals surface area contributed by atoms with Crippen molar-refractivity contribution in [1.29, 1.82) is 0 Å². The van der Waals surface area contributed by atoms with E-state index in [-0.39, 0.29) is 6.04 Å². The van der Waals surface area contributed by atoms with Crippen LogP contribution in [0.1, 0.15) is 39.0 Å². The number of nitrogens with one attached hydrogen (secondary N) is 1.